The maximum Gasteiger partial charge on any atom is 0.407 e. The fourth-order valence-corrected chi connectivity index (χ4v) is 9.37. The van der Waals surface area contributed by atoms with Crippen molar-refractivity contribution in [3.05, 3.63) is 71.4 Å². The Morgan fingerprint density at radius 1 is 0.770 bits per heavy atom. The van der Waals surface area contributed by atoms with Crippen LogP contribution in [0.3, 0.4) is 0 Å². The van der Waals surface area contributed by atoms with Crippen molar-refractivity contribution in [3.8, 4) is 22.4 Å². The summed E-state index contributed by atoms with van der Waals surface area (Å²) in [4.78, 5) is 71.6. The number of carbonyl (C=O) groups excluding carboxylic acids is 4. The fourth-order valence-electron chi connectivity index (χ4n) is 9.37. The lowest BCUT2D eigenvalue weighted by atomic mass is 9.91. The van der Waals surface area contributed by atoms with Crippen molar-refractivity contribution >= 4 is 45.8 Å². The molecule has 14 nitrogen and oxygen atoms in total. The van der Waals surface area contributed by atoms with Gasteiger partial charge in [-0.3, -0.25) is 9.59 Å². The number of aromatic nitrogens is 4. The molecular formula is C45H52F2N8O6. The molecular weight excluding hydrogens is 787 g/mol. The molecule has 0 bridgehead atoms. The molecule has 8 rings (SSSR count). The van der Waals surface area contributed by atoms with E-state index in [2.05, 4.69) is 25.6 Å². The molecule has 2 fully saturated rings. The number of hydrogen-bond acceptors (Lipinski definition) is 8. The third-order valence-corrected chi connectivity index (χ3v) is 12.5. The van der Waals surface area contributed by atoms with E-state index in [0.717, 1.165) is 52.2 Å². The van der Waals surface area contributed by atoms with Gasteiger partial charge in [0.2, 0.25) is 11.8 Å². The number of alkyl halides is 2. The van der Waals surface area contributed by atoms with Gasteiger partial charge in [0, 0.05) is 36.9 Å². The van der Waals surface area contributed by atoms with Gasteiger partial charge < -0.3 is 39.9 Å². The maximum atomic E-state index is 15.4. The average molecular weight is 839 g/mol. The monoisotopic (exact) mass is 838 g/mol. The number of alkyl carbamates (subject to hydrolysis) is 2. The summed E-state index contributed by atoms with van der Waals surface area (Å²) < 4.78 is 40.3. The van der Waals surface area contributed by atoms with E-state index in [1.807, 2.05) is 70.2 Å². The van der Waals surface area contributed by atoms with E-state index in [1.54, 1.807) is 16.0 Å². The van der Waals surface area contributed by atoms with Crippen molar-refractivity contribution in [1.29, 1.82) is 0 Å². The summed E-state index contributed by atoms with van der Waals surface area (Å²) in [5.41, 5.74) is 5.48. The summed E-state index contributed by atoms with van der Waals surface area (Å²) in [6.07, 6.45) is 2.43. The molecule has 322 valence electrons. The van der Waals surface area contributed by atoms with Gasteiger partial charge in [0.05, 0.1) is 49.2 Å². The molecule has 0 spiro atoms. The predicted molar refractivity (Wildman–Crippen MR) is 225 cm³/mol. The molecule has 5 aromatic rings. The standard InChI is InChI=1S/C45H52F2N8O6/c1-23(2)36(52-43(58)60-5)41(56)54-17-7-9-34(54)39-48-22-33(50-39)29-15-14-27(30-20-45(46,47)21-31(29)30)25-11-13-28-26(19-25)12-16-32-38(28)51-40(49-32)35-10-8-18-55(35)42(57)37(24(3)4)53-44(59)61-6/h11-16,19,22-24,34-37H,7-10,17-18,20-21H2,1-6H3,(H,48,50)(H,49,51)(H,52,58)(H,53,59)/t34-,35-,36?,37-/m0/s1. The molecule has 0 saturated carbocycles. The molecule has 3 aliphatic rings. The Morgan fingerprint density at radius 3 is 1.93 bits per heavy atom. The van der Waals surface area contributed by atoms with Gasteiger partial charge in [-0.15, -0.1) is 0 Å². The molecule has 2 aliphatic heterocycles. The highest BCUT2D eigenvalue weighted by atomic mass is 19.3. The van der Waals surface area contributed by atoms with Gasteiger partial charge in [-0.25, -0.2) is 28.3 Å². The fraction of sp³-hybridized carbons (Fsp3) is 0.467. The largest absolute Gasteiger partial charge is 0.453 e. The first-order valence-corrected chi connectivity index (χ1v) is 21.0. The zero-order valence-electron chi connectivity index (χ0n) is 35.2. The molecule has 4 atom stereocenters. The maximum absolute atomic E-state index is 15.4. The van der Waals surface area contributed by atoms with Gasteiger partial charge in [0.15, 0.2) is 0 Å². The lowest BCUT2D eigenvalue weighted by Gasteiger charge is -2.30. The number of hydrogen-bond donors (Lipinski definition) is 4. The Bertz CT molecular complexity index is 2510. The van der Waals surface area contributed by atoms with E-state index >= 15 is 8.78 Å². The quantitative estimate of drug-likeness (QED) is 0.111. The van der Waals surface area contributed by atoms with Gasteiger partial charge in [0.25, 0.3) is 5.92 Å². The Labute approximate surface area is 352 Å². The molecule has 61 heavy (non-hydrogen) atoms. The van der Waals surface area contributed by atoms with Crippen LogP contribution in [0.2, 0.25) is 0 Å². The van der Waals surface area contributed by atoms with Crippen LogP contribution in [0.25, 0.3) is 44.2 Å². The lowest BCUT2D eigenvalue weighted by molar-refractivity contribution is -0.136. The van der Waals surface area contributed by atoms with Crippen molar-refractivity contribution in [1.82, 2.24) is 40.4 Å². The van der Waals surface area contributed by atoms with Gasteiger partial charge in [0.1, 0.15) is 23.7 Å². The smallest absolute Gasteiger partial charge is 0.407 e. The molecule has 1 aliphatic carbocycles. The first-order chi connectivity index (χ1) is 29.2. The van der Waals surface area contributed by atoms with Crippen LogP contribution >= 0.6 is 0 Å². The Hall–Kier alpha value is -6.06. The number of fused-ring (bicyclic) bond motifs is 4. The van der Waals surface area contributed by atoms with Crippen LogP contribution in [0.4, 0.5) is 18.4 Å². The minimum absolute atomic E-state index is 0.155. The minimum atomic E-state index is -2.93. The van der Waals surface area contributed by atoms with Gasteiger partial charge >= 0.3 is 12.2 Å². The van der Waals surface area contributed by atoms with Gasteiger partial charge in [-0.05, 0) is 77.3 Å². The molecule has 2 saturated heterocycles. The first-order valence-electron chi connectivity index (χ1n) is 21.0. The molecule has 4 amide bonds. The summed E-state index contributed by atoms with van der Waals surface area (Å²) in [5, 5.41) is 7.13. The normalized spacial score (nSPS) is 19.4. The van der Waals surface area contributed by atoms with Gasteiger partial charge in [-0.1, -0.05) is 58.0 Å². The van der Waals surface area contributed by atoms with Crippen LogP contribution in [0.5, 0.6) is 0 Å². The minimum Gasteiger partial charge on any atom is -0.453 e. The Kier molecular flexibility index (Phi) is 11.2. The topological polar surface area (TPSA) is 175 Å². The first kappa shape index (κ1) is 41.7. The van der Waals surface area contributed by atoms with E-state index in [-0.39, 0.29) is 35.7 Å². The number of methoxy groups -OCH3 is 2. The number of benzene rings is 3. The number of rotatable bonds is 10. The predicted octanol–water partition coefficient (Wildman–Crippen LogP) is 7.60. The highest BCUT2D eigenvalue weighted by Gasteiger charge is 2.42. The Morgan fingerprint density at radius 2 is 1.34 bits per heavy atom. The number of halogens is 2. The summed E-state index contributed by atoms with van der Waals surface area (Å²) in [6, 6.07) is 11.4. The third kappa shape index (κ3) is 7.87. The van der Waals surface area contributed by atoms with Gasteiger partial charge in [-0.2, -0.15) is 0 Å². The second-order valence-electron chi connectivity index (χ2n) is 17.1. The van der Waals surface area contributed by atoms with Crippen LogP contribution in [0, 0.1) is 11.8 Å². The molecule has 16 heteroatoms. The van der Waals surface area contributed by atoms with Crippen LogP contribution in [-0.2, 0) is 31.9 Å². The van der Waals surface area contributed by atoms with Crippen LogP contribution < -0.4 is 10.6 Å². The number of H-pyrrole nitrogens is 2. The molecule has 3 aromatic carbocycles. The third-order valence-electron chi connectivity index (χ3n) is 12.5. The summed E-state index contributed by atoms with van der Waals surface area (Å²) in [6.45, 7) is 8.50. The molecule has 2 aromatic heterocycles. The highest BCUT2D eigenvalue weighted by molar-refractivity contribution is 6.05. The van der Waals surface area contributed by atoms with E-state index < -0.39 is 43.0 Å². The van der Waals surface area contributed by atoms with Crippen molar-refractivity contribution in [2.75, 3.05) is 27.3 Å². The Balaban J connectivity index is 1.07. The summed E-state index contributed by atoms with van der Waals surface area (Å²) >= 11 is 0. The zero-order chi connectivity index (χ0) is 43.3. The van der Waals surface area contributed by atoms with E-state index in [0.29, 0.717) is 53.5 Å². The van der Waals surface area contributed by atoms with E-state index in [4.69, 9.17) is 14.5 Å². The summed E-state index contributed by atoms with van der Waals surface area (Å²) in [7, 11) is 2.53. The molecule has 4 N–H and O–H groups in total. The average Bonchev–Trinajstić information content (AvgIpc) is 4.09. The number of imidazole rings is 2. The number of aromatic amines is 2. The number of nitrogens with one attached hydrogen (secondary N) is 4. The van der Waals surface area contributed by atoms with E-state index in [1.165, 1.54) is 14.2 Å². The number of carbonyl (C=O) groups is 4. The SMILES string of the molecule is COC(=O)NC(C(=O)N1CCC[C@H]1c1ncc(-c2ccc(-c3ccc4c(ccc5[nH]c([C@@H]6CCCN6C(=O)[C@@H](NC(=O)OC)C(C)C)nc54)c3)c3c2CC(F)(F)C3)[nH]1)C(C)C. The van der Waals surface area contributed by atoms with Crippen molar-refractivity contribution in [3.63, 3.8) is 0 Å². The zero-order valence-corrected chi connectivity index (χ0v) is 35.2. The van der Waals surface area contributed by atoms with Crippen LogP contribution in [0.1, 0.15) is 88.2 Å². The summed E-state index contributed by atoms with van der Waals surface area (Å²) in [5.74, 6) is -2.46. The number of amides is 4. The number of likely N-dealkylation sites (tertiary alicyclic amines) is 2. The van der Waals surface area contributed by atoms with Crippen LogP contribution in [-0.4, -0.2) is 99.1 Å². The van der Waals surface area contributed by atoms with Crippen LogP contribution in [0.15, 0.2) is 48.7 Å². The highest BCUT2D eigenvalue weighted by Crippen LogP contribution is 2.45. The molecule has 0 radical (unpaired) electrons. The molecule has 1 unspecified atom stereocenters. The second-order valence-corrected chi connectivity index (χ2v) is 17.1. The van der Waals surface area contributed by atoms with Crippen molar-refractivity contribution < 1.29 is 37.4 Å². The number of nitrogens with zero attached hydrogens (tertiary/aromatic N) is 4. The van der Waals surface area contributed by atoms with Crippen molar-refractivity contribution in [2.24, 2.45) is 11.8 Å². The number of ether oxygens (including phenoxy) is 2. The molecule has 4 heterocycles. The van der Waals surface area contributed by atoms with E-state index in [9.17, 15) is 19.2 Å². The van der Waals surface area contributed by atoms with Crippen molar-refractivity contribution in [2.45, 2.75) is 96.3 Å². The lowest BCUT2D eigenvalue weighted by Crippen LogP contribution is -2.51. The second kappa shape index (κ2) is 16.4.